The Balaban J connectivity index is 1.52. The molecule has 9 heteroatoms. The normalized spacial score (nSPS) is 11.7. The third-order valence-corrected chi connectivity index (χ3v) is 5.49. The topological polar surface area (TPSA) is 46.4 Å². The number of alkyl halides is 3. The van der Waals surface area contributed by atoms with Crippen molar-refractivity contribution in [2.24, 2.45) is 0 Å². The number of thiazole rings is 1. The number of nitrogens with zero attached hydrogens (tertiary/aromatic N) is 2. The maximum Gasteiger partial charge on any atom is 0.416 e. The minimum Gasteiger partial charge on any atom is -0.347 e. The fourth-order valence-corrected chi connectivity index (χ4v) is 3.98. The summed E-state index contributed by atoms with van der Waals surface area (Å²) in [4.78, 5) is 17.8. The maximum absolute atomic E-state index is 12.9. The van der Waals surface area contributed by atoms with Gasteiger partial charge in [-0.1, -0.05) is 47.2 Å². The van der Waals surface area contributed by atoms with Gasteiger partial charge in [0.25, 0.3) is 5.91 Å². The monoisotopic (exact) mass is 435 g/mol. The maximum atomic E-state index is 12.9. The molecular formula is C20H13ClF3N3OS. The highest BCUT2D eigenvalue weighted by Crippen LogP contribution is 2.34. The second kappa shape index (κ2) is 7.53. The SMILES string of the molecule is O=C(NCc1cccc(Cl)c1)c1cn2cc(-c3cccc(C(F)(F)F)c3)sc2n1. The van der Waals surface area contributed by atoms with Crippen LogP contribution in [0.25, 0.3) is 15.4 Å². The van der Waals surface area contributed by atoms with Crippen LogP contribution in [0.1, 0.15) is 21.6 Å². The van der Waals surface area contributed by atoms with Crippen LogP contribution in [0.3, 0.4) is 0 Å². The molecule has 0 aliphatic rings. The van der Waals surface area contributed by atoms with Crippen LogP contribution in [0.15, 0.2) is 60.9 Å². The van der Waals surface area contributed by atoms with E-state index in [2.05, 4.69) is 10.3 Å². The van der Waals surface area contributed by atoms with Crippen LogP contribution in [0, 0.1) is 0 Å². The van der Waals surface area contributed by atoms with Crippen molar-refractivity contribution in [3.8, 4) is 10.4 Å². The zero-order chi connectivity index (χ0) is 20.6. The number of amides is 1. The number of aromatic nitrogens is 2. The van der Waals surface area contributed by atoms with Gasteiger partial charge in [-0.15, -0.1) is 0 Å². The van der Waals surface area contributed by atoms with Crippen LogP contribution >= 0.6 is 22.9 Å². The second-order valence-electron chi connectivity index (χ2n) is 6.30. The molecule has 0 saturated carbocycles. The molecule has 2 aromatic carbocycles. The largest absolute Gasteiger partial charge is 0.416 e. The molecule has 1 amide bonds. The molecular weight excluding hydrogens is 423 g/mol. The third kappa shape index (κ3) is 4.28. The van der Waals surface area contributed by atoms with E-state index < -0.39 is 11.7 Å². The third-order valence-electron chi connectivity index (χ3n) is 4.21. The van der Waals surface area contributed by atoms with Gasteiger partial charge in [-0.3, -0.25) is 9.20 Å². The van der Waals surface area contributed by atoms with E-state index in [1.54, 1.807) is 41.1 Å². The van der Waals surface area contributed by atoms with E-state index in [1.165, 1.54) is 17.4 Å². The fraction of sp³-hybridized carbons (Fsp3) is 0.100. The van der Waals surface area contributed by atoms with Gasteiger partial charge >= 0.3 is 6.18 Å². The standard InChI is InChI=1S/C20H13ClF3N3OS/c21-15-6-1-3-12(7-15)9-25-18(28)16-10-27-11-17(29-19(27)26-16)13-4-2-5-14(8-13)20(22,23)24/h1-8,10-11H,9H2,(H,25,28). The van der Waals surface area contributed by atoms with Crippen LogP contribution in [-0.4, -0.2) is 15.3 Å². The van der Waals surface area contributed by atoms with Crippen molar-refractivity contribution in [2.45, 2.75) is 12.7 Å². The highest BCUT2D eigenvalue weighted by atomic mass is 35.5. The molecule has 0 spiro atoms. The predicted molar refractivity (Wildman–Crippen MR) is 106 cm³/mol. The van der Waals surface area contributed by atoms with Crippen molar-refractivity contribution in [2.75, 3.05) is 0 Å². The van der Waals surface area contributed by atoms with Crippen molar-refractivity contribution in [3.63, 3.8) is 0 Å². The summed E-state index contributed by atoms with van der Waals surface area (Å²) in [6.45, 7) is 0.306. The van der Waals surface area contributed by atoms with Crippen LogP contribution in [-0.2, 0) is 12.7 Å². The average molecular weight is 436 g/mol. The Kier molecular flexibility index (Phi) is 5.06. The molecule has 2 heterocycles. The molecule has 0 unspecified atom stereocenters. The Labute approximate surface area is 172 Å². The molecule has 148 valence electrons. The lowest BCUT2D eigenvalue weighted by Gasteiger charge is -2.07. The summed E-state index contributed by atoms with van der Waals surface area (Å²) in [5.41, 5.74) is 0.831. The van der Waals surface area contributed by atoms with Crippen LogP contribution in [0.5, 0.6) is 0 Å². The first-order chi connectivity index (χ1) is 13.8. The minimum absolute atomic E-state index is 0.230. The summed E-state index contributed by atoms with van der Waals surface area (Å²) < 4.78 is 40.4. The van der Waals surface area contributed by atoms with E-state index >= 15 is 0 Å². The zero-order valence-corrected chi connectivity index (χ0v) is 16.3. The number of hydrogen-bond acceptors (Lipinski definition) is 3. The fourth-order valence-electron chi connectivity index (χ4n) is 2.81. The lowest BCUT2D eigenvalue weighted by molar-refractivity contribution is -0.137. The molecule has 2 aromatic heterocycles. The first kappa shape index (κ1) is 19.5. The van der Waals surface area contributed by atoms with Crippen LogP contribution < -0.4 is 5.32 Å². The van der Waals surface area contributed by atoms with Gasteiger partial charge in [-0.05, 0) is 35.4 Å². The lowest BCUT2D eigenvalue weighted by Crippen LogP contribution is -2.23. The molecule has 0 fully saturated rings. The first-order valence-electron chi connectivity index (χ1n) is 8.48. The average Bonchev–Trinajstić information content (AvgIpc) is 3.25. The van der Waals surface area contributed by atoms with Crippen molar-refractivity contribution >= 4 is 33.8 Å². The number of benzene rings is 2. The highest BCUT2D eigenvalue weighted by molar-refractivity contribution is 7.20. The minimum atomic E-state index is -4.40. The smallest absolute Gasteiger partial charge is 0.347 e. The van der Waals surface area contributed by atoms with E-state index in [-0.39, 0.29) is 11.6 Å². The van der Waals surface area contributed by atoms with Gasteiger partial charge in [0.2, 0.25) is 0 Å². The molecule has 0 saturated heterocycles. The Hall–Kier alpha value is -2.84. The van der Waals surface area contributed by atoms with Crippen molar-refractivity contribution in [3.05, 3.63) is 82.8 Å². The van der Waals surface area contributed by atoms with Gasteiger partial charge in [-0.2, -0.15) is 13.2 Å². The molecule has 29 heavy (non-hydrogen) atoms. The Morgan fingerprint density at radius 2 is 1.93 bits per heavy atom. The Morgan fingerprint density at radius 3 is 2.66 bits per heavy atom. The number of fused-ring (bicyclic) bond motifs is 1. The molecule has 4 aromatic rings. The molecule has 4 nitrogen and oxygen atoms in total. The van der Waals surface area contributed by atoms with Crippen molar-refractivity contribution < 1.29 is 18.0 Å². The summed E-state index contributed by atoms with van der Waals surface area (Å²) in [6, 6.07) is 12.3. The van der Waals surface area contributed by atoms with Crippen molar-refractivity contribution in [1.82, 2.24) is 14.7 Å². The van der Waals surface area contributed by atoms with Crippen molar-refractivity contribution in [1.29, 1.82) is 0 Å². The molecule has 0 aliphatic carbocycles. The van der Waals surface area contributed by atoms with Crippen LogP contribution in [0.4, 0.5) is 13.2 Å². The van der Waals surface area contributed by atoms with Gasteiger partial charge in [0.15, 0.2) is 4.96 Å². The number of carbonyl (C=O) groups is 1. The molecule has 0 radical (unpaired) electrons. The van der Waals surface area contributed by atoms with Gasteiger partial charge in [0.05, 0.1) is 10.4 Å². The van der Waals surface area contributed by atoms with E-state index in [1.807, 2.05) is 6.07 Å². The number of carbonyl (C=O) groups excluding carboxylic acids is 1. The molecule has 0 atom stereocenters. The summed E-state index contributed by atoms with van der Waals surface area (Å²) >= 11 is 7.14. The molecule has 0 bridgehead atoms. The number of nitrogens with one attached hydrogen (secondary N) is 1. The Morgan fingerprint density at radius 1 is 1.14 bits per heavy atom. The summed E-state index contributed by atoms with van der Waals surface area (Å²) in [7, 11) is 0. The quantitative estimate of drug-likeness (QED) is 0.449. The molecule has 0 aliphatic heterocycles. The van der Waals surface area contributed by atoms with E-state index in [9.17, 15) is 18.0 Å². The summed E-state index contributed by atoms with van der Waals surface area (Å²) in [5, 5.41) is 3.35. The van der Waals surface area contributed by atoms with Gasteiger partial charge in [0, 0.05) is 24.0 Å². The van der Waals surface area contributed by atoms with E-state index in [0.29, 0.717) is 27.0 Å². The molecule has 1 N–H and O–H groups in total. The number of hydrogen-bond donors (Lipinski definition) is 1. The first-order valence-corrected chi connectivity index (χ1v) is 9.68. The van der Waals surface area contributed by atoms with Gasteiger partial charge in [-0.25, -0.2) is 4.98 Å². The lowest BCUT2D eigenvalue weighted by atomic mass is 10.1. The van der Waals surface area contributed by atoms with Gasteiger partial charge < -0.3 is 5.32 Å². The zero-order valence-electron chi connectivity index (χ0n) is 14.7. The molecule has 4 rings (SSSR count). The summed E-state index contributed by atoms with van der Waals surface area (Å²) in [6.07, 6.45) is -1.19. The highest BCUT2D eigenvalue weighted by Gasteiger charge is 2.30. The predicted octanol–water partition coefficient (Wildman–Crippen LogP) is 5.67. The van der Waals surface area contributed by atoms with E-state index in [4.69, 9.17) is 11.6 Å². The number of rotatable bonds is 4. The Bertz CT molecular complexity index is 1170. The number of halogens is 4. The van der Waals surface area contributed by atoms with Crippen LogP contribution in [0.2, 0.25) is 5.02 Å². The van der Waals surface area contributed by atoms with E-state index in [0.717, 1.165) is 17.7 Å². The van der Waals surface area contributed by atoms with Gasteiger partial charge in [0.1, 0.15) is 5.69 Å². The summed E-state index contributed by atoms with van der Waals surface area (Å²) in [5.74, 6) is -0.346. The number of imidazole rings is 1. The second-order valence-corrected chi connectivity index (χ2v) is 7.75.